The molecule has 0 heterocycles. The molecule has 0 radical (unpaired) electrons. The van der Waals surface area contributed by atoms with Crippen molar-refractivity contribution in [2.45, 2.75) is 13.8 Å². The van der Waals surface area contributed by atoms with Crippen LogP contribution in [0.2, 0.25) is 0 Å². The zero-order valence-corrected chi connectivity index (χ0v) is 11.7. The predicted octanol–water partition coefficient (Wildman–Crippen LogP) is 4.02. The van der Waals surface area contributed by atoms with Crippen LogP contribution in [0.5, 0.6) is 0 Å². The molecule has 0 spiro atoms. The Hall–Kier alpha value is -2.22. The number of Topliss-reactive ketones (excluding diaryl/α,β-unsaturated/α-hetero) is 2. The van der Waals surface area contributed by atoms with E-state index in [9.17, 15) is 9.59 Å². The molecule has 0 aromatic heterocycles. The van der Waals surface area contributed by atoms with E-state index in [0.717, 1.165) is 0 Å². The molecule has 2 rings (SSSR count). The van der Waals surface area contributed by atoms with Gasteiger partial charge in [0.25, 0.3) is 0 Å². The minimum atomic E-state index is -0.329. The summed E-state index contributed by atoms with van der Waals surface area (Å²) in [6, 6.07) is 18.3. The lowest BCUT2D eigenvalue weighted by molar-refractivity contribution is 0.0794. The van der Waals surface area contributed by atoms with Crippen molar-refractivity contribution in [2.75, 3.05) is 0 Å². The number of ketones is 2. The van der Waals surface area contributed by atoms with Gasteiger partial charge in [0.1, 0.15) is 0 Å². The van der Waals surface area contributed by atoms with Crippen molar-refractivity contribution >= 4 is 11.6 Å². The summed E-state index contributed by atoms with van der Waals surface area (Å²) >= 11 is 0. The van der Waals surface area contributed by atoms with Gasteiger partial charge in [-0.05, 0) is 0 Å². The highest BCUT2D eigenvalue weighted by Gasteiger charge is 2.27. The Morgan fingerprint density at radius 2 is 0.950 bits per heavy atom. The second-order valence-electron chi connectivity index (χ2n) is 5.04. The molecule has 2 unspecified atom stereocenters. The lowest BCUT2D eigenvalue weighted by atomic mass is 9.83. The van der Waals surface area contributed by atoms with Crippen molar-refractivity contribution in [3.63, 3.8) is 0 Å². The van der Waals surface area contributed by atoms with Crippen LogP contribution in [0.15, 0.2) is 60.7 Å². The van der Waals surface area contributed by atoms with Gasteiger partial charge in [-0.2, -0.15) is 0 Å². The molecular formula is C18H18O2. The van der Waals surface area contributed by atoms with Crippen molar-refractivity contribution < 1.29 is 9.59 Å². The Kier molecular flexibility index (Phi) is 4.46. The van der Waals surface area contributed by atoms with Crippen molar-refractivity contribution in [3.05, 3.63) is 71.8 Å². The number of hydrogen-bond donors (Lipinski definition) is 0. The van der Waals surface area contributed by atoms with Gasteiger partial charge in [0.2, 0.25) is 0 Å². The number of benzene rings is 2. The van der Waals surface area contributed by atoms with Crippen LogP contribution in [0.3, 0.4) is 0 Å². The zero-order chi connectivity index (χ0) is 14.5. The van der Waals surface area contributed by atoms with Gasteiger partial charge in [0, 0.05) is 23.0 Å². The Morgan fingerprint density at radius 1 is 0.650 bits per heavy atom. The van der Waals surface area contributed by atoms with Gasteiger partial charge in [-0.25, -0.2) is 0 Å². The predicted molar refractivity (Wildman–Crippen MR) is 79.9 cm³/mol. The van der Waals surface area contributed by atoms with E-state index in [1.807, 2.05) is 50.2 Å². The maximum atomic E-state index is 12.4. The number of rotatable bonds is 5. The smallest absolute Gasteiger partial charge is 0.166 e. The van der Waals surface area contributed by atoms with E-state index in [4.69, 9.17) is 0 Å². The molecule has 0 bridgehead atoms. The topological polar surface area (TPSA) is 34.1 Å². The monoisotopic (exact) mass is 266 g/mol. The number of carbonyl (C=O) groups excluding carboxylic acids is 2. The summed E-state index contributed by atoms with van der Waals surface area (Å²) in [4.78, 5) is 24.7. The van der Waals surface area contributed by atoms with Crippen molar-refractivity contribution in [1.29, 1.82) is 0 Å². The van der Waals surface area contributed by atoms with Gasteiger partial charge in [0.05, 0.1) is 0 Å². The van der Waals surface area contributed by atoms with Crippen LogP contribution in [0.4, 0.5) is 0 Å². The molecule has 2 atom stereocenters. The van der Waals surface area contributed by atoms with Gasteiger partial charge in [-0.15, -0.1) is 0 Å². The van der Waals surface area contributed by atoms with Gasteiger partial charge in [-0.1, -0.05) is 74.5 Å². The summed E-state index contributed by atoms with van der Waals surface area (Å²) in [5, 5.41) is 0. The Bertz CT molecular complexity index is 532. The molecule has 0 N–H and O–H groups in total. The van der Waals surface area contributed by atoms with Crippen LogP contribution >= 0.6 is 0 Å². The molecule has 0 saturated carbocycles. The van der Waals surface area contributed by atoms with E-state index in [-0.39, 0.29) is 23.4 Å². The highest BCUT2D eigenvalue weighted by Crippen LogP contribution is 2.21. The first-order valence-corrected chi connectivity index (χ1v) is 6.79. The van der Waals surface area contributed by atoms with Crippen LogP contribution in [0.25, 0.3) is 0 Å². The molecule has 0 aliphatic carbocycles. The normalized spacial score (nSPS) is 13.5. The number of hydrogen-bond acceptors (Lipinski definition) is 2. The average Bonchev–Trinajstić information content (AvgIpc) is 2.53. The average molecular weight is 266 g/mol. The van der Waals surface area contributed by atoms with Crippen LogP contribution < -0.4 is 0 Å². The first kappa shape index (κ1) is 14.2. The van der Waals surface area contributed by atoms with Crippen LogP contribution in [-0.2, 0) is 0 Å². The molecule has 2 nitrogen and oxygen atoms in total. The SMILES string of the molecule is CC(C(=O)c1ccccc1)C(C)C(=O)c1ccccc1. The maximum Gasteiger partial charge on any atom is 0.166 e. The third-order valence-electron chi connectivity index (χ3n) is 3.69. The van der Waals surface area contributed by atoms with Crippen LogP contribution in [0, 0.1) is 11.8 Å². The molecule has 102 valence electrons. The summed E-state index contributed by atoms with van der Waals surface area (Å²) in [7, 11) is 0. The lowest BCUT2D eigenvalue weighted by Crippen LogP contribution is -2.25. The standard InChI is InChI=1S/C18H18O2/c1-13(17(19)15-9-5-3-6-10-15)14(2)18(20)16-11-7-4-8-12-16/h3-14H,1-2H3. The second-order valence-corrected chi connectivity index (χ2v) is 5.04. The molecule has 20 heavy (non-hydrogen) atoms. The van der Waals surface area contributed by atoms with Gasteiger partial charge >= 0.3 is 0 Å². The van der Waals surface area contributed by atoms with Crippen molar-refractivity contribution in [3.8, 4) is 0 Å². The highest BCUT2D eigenvalue weighted by molar-refractivity contribution is 6.04. The minimum absolute atomic E-state index is 0.0161. The summed E-state index contributed by atoms with van der Waals surface area (Å²) in [6.45, 7) is 3.64. The molecule has 0 saturated heterocycles. The summed E-state index contributed by atoms with van der Waals surface area (Å²) < 4.78 is 0. The molecule has 0 aliphatic heterocycles. The Labute approximate surface area is 119 Å². The summed E-state index contributed by atoms with van der Waals surface area (Å²) in [5.41, 5.74) is 1.32. The zero-order valence-electron chi connectivity index (χ0n) is 11.7. The molecular weight excluding hydrogens is 248 g/mol. The summed E-state index contributed by atoms with van der Waals surface area (Å²) in [5.74, 6) is -0.625. The van der Waals surface area contributed by atoms with E-state index >= 15 is 0 Å². The molecule has 0 fully saturated rings. The maximum absolute atomic E-state index is 12.4. The first-order valence-electron chi connectivity index (χ1n) is 6.79. The fourth-order valence-electron chi connectivity index (χ4n) is 2.18. The Morgan fingerprint density at radius 3 is 1.25 bits per heavy atom. The molecule has 0 amide bonds. The van der Waals surface area contributed by atoms with Gasteiger partial charge < -0.3 is 0 Å². The molecule has 2 aromatic rings. The van der Waals surface area contributed by atoms with Crippen molar-refractivity contribution in [1.82, 2.24) is 0 Å². The third kappa shape index (κ3) is 3.02. The number of carbonyl (C=O) groups is 2. The fourth-order valence-corrected chi connectivity index (χ4v) is 2.18. The first-order chi connectivity index (χ1) is 9.61. The minimum Gasteiger partial charge on any atom is -0.294 e. The van der Waals surface area contributed by atoms with E-state index in [2.05, 4.69) is 0 Å². The highest BCUT2D eigenvalue weighted by atomic mass is 16.1. The van der Waals surface area contributed by atoms with E-state index in [0.29, 0.717) is 11.1 Å². The van der Waals surface area contributed by atoms with E-state index in [1.54, 1.807) is 24.3 Å². The van der Waals surface area contributed by atoms with Gasteiger partial charge in [0.15, 0.2) is 11.6 Å². The second kappa shape index (κ2) is 6.29. The van der Waals surface area contributed by atoms with E-state index < -0.39 is 0 Å². The molecule has 0 aliphatic rings. The molecule has 2 heteroatoms. The lowest BCUT2D eigenvalue weighted by Gasteiger charge is -2.18. The fraction of sp³-hybridized carbons (Fsp3) is 0.222. The van der Waals surface area contributed by atoms with E-state index in [1.165, 1.54) is 0 Å². The molecule has 2 aromatic carbocycles. The quantitative estimate of drug-likeness (QED) is 0.766. The summed E-state index contributed by atoms with van der Waals surface area (Å²) in [6.07, 6.45) is 0. The van der Waals surface area contributed by atoms with Crippen LogP contribution in [-0.4, -0.2) is 11.6 Å². The third-order valence-corrected chi connectivity index (χ3v) is 3.69. The van der Waals surface area contributed by atoms with Crippen molar-refractivity contribution in [2.24, 2.45) is 11.8 Å². The Balaban J connectivity index is 2.15. The largest absolute Gasteiger partial charge is 0.294 e. The van der Waals surface area contributed by atoms with Crippen LogP contribution in [0.1, 0.15) is 34.6 Å². The van der Waals surface area contributed by atoms with Gasteiger partial charge in [-0.3, -0.25) is 9.59 Å².